The standard InChI is InChI=1S/C13H23N3S/c1-4-11-5-6-12(15-8-11)7-13(16-14)9-17-10(2)3/h5-6,8,10,13,16H,4,7,9,14H2,1-3H3. The zero-order valence-corrected chi connectivity index (χ0v) is 11.8. The summed E-state index contributed by atoms with van der Waals surface area (Å²) in [5, 5.41) is 0.640. The lowest BCUT2D eigenvalue weighted by Crippen LogP contribution is -2.39. The summed E-state index contributed by atoms with van der Waals surface area (Å²) >= 11 is 1.92. The summed E-state index contributed by atoms with van der Waals surface area (Å²) in [6.45, 7) is 6.54. The van der Waals surface area contributed by atoms with Gasteiger partial charge in [-0.1, -0.05) is 26.8 Å². The first-order chi connectivity index (χ1) is 8.15. The Kier molecular flexibility index (Phi) is 6.55. The van der Waals surface area contributed by atoms with Crippen molar-refractivity contribution < 1.29 is 0 Å². The number of pyridine rings is 1. The molecule has 1 aromatic rings. The van der Waals surface area contributed by atoms with E-state index in [9.17, 15) is 0 Å². The van der Waals surface area contributed by atoms with Crippen LogP contribution < -0.4 is 11.3 Å². The lowest BCUT2D eigenvalue weighted by molar-refractivity contribution is 0.568. The fourth-order valence-corrected chi connectivity index (χ4v) is 2.34. The van der Waals surface area contributed by atoms with Gasteiger partial charge in [0.2, 0.25) is 0 Å². The van der Waals surface area contributed by atoms with Crippen LogP contribution in [0.2, 0.25) is 0 Å². The Morgan fingerprint density at radius 1 is 1.41 bits per heavy atom. The number of aromatic nitrogens is 1. The predicted octanol–water partition coefficient (Wildman–Crippen LogP) is 2.16. The largest absolute Gasteiger partial charge is 0.271 e. The van der Waals surface area contributed by atoms with Crippen LogP contribution in [0.15, 0.2) is 18.3 Å². The van der Waals surface area contributed by atoms with Gasteiger partial charge in [-0.05, 0) is 23.3 Å². The highest BCUT2D eigenvalue weighted by molar-refractivity contribution is 7.99. The molecule has 0 aromatic carbocycles. The second-order valence-corrected chi connectivity index (χ2v) is 6.07. The quantitative estimate of drug-likeness (QED) is 0.577. The van der Waals surface area contributed by atoms with Gasteiger partial charge >= 0.3 is 0 Å². The van der Waals surface area contributed by atoms with Crippen LogP contribution >= 0.6 is 11.8 Å². The van der Waals surface area contributed by atoms with E-state index in [0.717, 1.165) is 24.3 Å². The highest BCUT2D eigenvalue weighted by atomic mass is 32.2. The van der Waals surface area contributed by atoms with Crippen LogP contribution in [0.5, 0.6) is 0 Å². The summed E-state index contributed by atoms with van der Waals surface area (Å²) < 4.78 is 0. The normalized spacial score (nSPS) is 13.0. The second kappa shape index (κ2) is 7.69. The Morgan fingerprint density at radius 2 is 2.18 bits per heavy atom. The number of nitrogens with two attached hydrogens (primary N) is 1. The molecule has 4 heteroatoms. The molecule has 1 rings (SSSR count). The third-order valence-corrected chi connectivity index (χ3v) is 3.88. The van der Waals surface area contributed by atoms with Gasteiger partial charge in [-0.3, -0.25) is 16.3 Å². The molecule has 0 aliphatic carbocycles. The van der Waals surface area contributed by atoms with Gasteiger partial charge in [0.25, 0.3) is 0 Å². The van der Waals surface area contributed by atoms with E-state index in [1.54, 1.807) is 0 Å². The van der Waals surface area contributed by atoms with Crippen molar-refractivity contribution in [3.05, 3.63) is 29.6 Å². The second-order valence-electron chi connectivity index (χ2n) is 4.46. The Hall–Kier alpha value is -0.580. The van der Waals surface area contributed by atoms with Gasteiger partial charge in [-0.2, -0.15) is 11.8 Å². The van der Waals surface area contributed by atoms with Crippen molar-refractivity contribution in [3.63, 3.8) is 0 Å². The minimum absolute atomic E-state index is 0.294. The first-order valence-corrected chi connectivity index (χ1v) is 7.22. The van der Waals surface area contributed by atoms with Crippen molar-refractivity contribution in [2.75, 3.05) is 5.75 Å². The van der Waals surface area contributed by atoms with E-state index in [2.05, 4.69) is 43.3 Å². The molecule has 1 heterocycles. The van der Waals surface area contributed by atoms with Crippen molar-refractivity contribution in [3.8, 4) is 0 Å². The minimum Gasteiger partial charge on any atom is -0.271 e. The Labute approximate surface area is 109 Å². The van der Waals surface area contributed by atoms with Gasteiger partial charge in [0, 0.05) is 30.1 Å². The Balaban J connectivity index is 2.48. The predicted molar refractivity (Wildman–Crippen MR) is 76.0 cm³/mol. The third kappa shape index (κ3) is 5.52. The molecule has 0 bridgehead atoms. The molecule has 0 spiro atoms. The van der Waals surface area contributed by atoms with Gasteiger partial charge in [0.1, 0.15) is 0 Å². The molecule has 0 amide bonds. The molecular formula is C13H23N3S. The fraction of sp³-hybridized carbons (Fsp3) is 0.615. The van der Waals surface area contributed by atoms with E-state index in [1.165, 1.54) is 5.56 Å². The maximum Gasteiger partial charge on any atom is 0.0420 e. The number of nitrogens with one attached hydrogen (secondary N) is 1. The van der Waals surface area contributed by atoms with Crippen LogP contribution in [0, 0.1) is 0 Å². The van der Waals surface area contributed by atoms with Crippen molar-refractivity contribution in [1.29, 1.82) is 0 Å². The lowest BCUT2D eigenvalue weighted by atomic mass is 10.1. The van der Waals surface area contributed by atoms with Gasteiger partial charge in [-0.15, -0.1) is 0 Å². The van der Waals surface area contributed by atoms with Crippen LogP contribution in [0.1, 0.15) is 32.0 Å². The Bertz CT molecular complexity index is 311. The van der Waals surface area contributed by atoms with Crippen LogP contribution in [0.4, 0.5) is 0 Å². The average Bonchev–Trinajstić information content (AvgIpc) is 2.35. The number of rotatable bonds is 7. The van der Waals surface area contributed by atoms with Crippen LogP contribution in [0.3, 0.4) is 0 Å². The molecule has 1 aromatic heterocycles. The summed E-state index contributed by atoms with van der Waals surface area (Å²) in [7, 11) is 0. The molecule has 96 valence electrons. The Morgan fingerprint density at radius 3 is 2.65 bits per heavy atom. The highest BCUT2D eigenvalue weighted by Gasteiger charge is 2.09. The zero-order valence-electron chi connectivity index (χ0n) is 10.9. The molecule has 0 saturated carbocycles. The highest BCUT2D eigenvalue weighted by Crippen LogP contribution is 2.12. The summed E-state index contributed by atoms with van der Waals surface area (Å²) in [5.41, 5.74) is 5.26. The van der Waals surface area contributed by atoms with Crippen LogP contribution in [0.25, 0.3) is 0 Å². The molecule has 0 radical (unpaired) electrons. The third-order valence-electron chi connectivity index (χ3n) is 2.62. The molecular weight excluding hydrogens is 230 g/mol. The molecule has 0 saturated heterocycles. The van der Waals surface area contributed by atoms with E-state index < -0.39 is 0 Å². The molecule has 0 aliphatic rings. The van der Waals surface area contributed by atoms with Crippen molar-refractivity contribution in [1.82, 2.24) is 10.4 Å². The molecule has 3 N–H and O–H groups in total. The molecule has 0 fully saturated rings. The summed E-state index contributed by atoms with van der Waals surface area (Å²) in [6.07, 6.45) is 3.88. The number of aryl methyl sites for hydroxylation is 1. The summed E-state index contributed by atoms with van der Waals surface area (Å²) in [4.78, 5) is 4.46. The topological polar surface area (TPSA) is 50.9 Å². The van der Waals surface area contributed by atoms with Gasteiger partial charge in [-0.25, -0.2) is 0 Å². The zero-order chi connectivity index (χ0) is 12.7. The van der Waals surface area contributed by atoms with E-state index in [-0.39, 0.29) is 0 Å². The number of thioether (sulfide) groups is 1. The van der Waals surface area contributed by atoms with Gasteiger partial charge < -0.3 is 0 Å². The number of nitrogens with zero attached hydrogens (tertiary/aromatic N) is 1. The SMILES string of the molecule is CCc1ccc(CC(CSC(C)C)NN)nc1. The maximum atomic E-state index is 5.57. The maximum absolute atomic E-state index is 5.57. The van der Waals surface area contributed by atoms with E-state index in [4.69, 9.17) is 5.84 Å². The van der Waals surface area contributed by atoms with Crippen molar-refractivity contribution in [2.45, 2.75) is 44.9 Å². The first kappa shape index (κ1) is 14.5. The van der Waals surface area contributed by atoms with Crippen molar-refractivity contribution in [2.24, 2.45) is 5.84 Å². The summed E-state index contributed by atoms with van der Waals surface area (Å²) in [5.74, 6) is 6.59. The molecule has 1 atom stereocenters. The monoisotopic (exact) mass is 253 g/mol. The number of hydrazine groups is 1. The van der Waals surface area contributed by atoms with Crippen LogP contribution in [-0.2, 0) is 12.8 Å². The molecule has 0 aliphatic heterocycles. The molecule has 3 nitrogen and oxygen atoms in total. The fourth-order valence-electron chi connectivity index (χ4n) is 1.51. The molecule has 1 unspecified atom stereocenters. The molecule has 17 heavy (non-hydrogen) atoms. The van der Waals surface area contributed by atoms with E-state index in [1.807, 2.05) is 18.0 Å². The minimum atomic E-state index is 0.294. The first-order valence-electron chi connectivity index (χ1n) is 6.17. The van der Waals surface area contributed by atoms with Gasteiger partial charge in [0.05, 0.1) is 0 Å². The van der Waals surface area contributed by atoms with Crippen LogP contribution in [-0.4, -0.2) is 22.0 Å². The van der Waals surface area contributed by atoms with Gasteiger partial charge in [0.15, 0.2) is 0 Å². The van der Waals surface area contributed by atoms with E-state index in [0.29, 0.717) is 11.3 Å². The lowest BCUT2D eigenvalue weighted by Gasteiger charge is -2.16. The average molecular weight is 253 g/mol. The smallest absolute Gasteiger partial charge is 0.0420 e. The number of hydrogen-bond acceptors (Lipinski definition) is 4. The van der Waals surface area contributed by atoms with Crippen molar-refractivity contribution >= 4 is 11.8 Å². The number of hydrogen-bond donors (Lipinski definition) is 2. The summed E-state index contributed by atoms with van der Waals surface area (Å²) in [6, 6.07) is 4.54. The van der Waals surface area contributed by atoms with E-state index >= 15 is 0 Å².